The molecule has 3 rings (SSSR count). The molecular formula is C17H20O. The Labute approximate surface area is 109 Å². The fraction of sp³-hybridized carbons (Fsp3) is 0.412. The van der Waals surface area contributed by atoms with E-state index in [2.05, 4.69) is 37.3 Å². The second-order valence-corrected chi connectivity index (χ2v) is 5.31. The van der Waals surface area contributed by atoms with Crippen molar-refractivity contribution >= 4 is 5.57 Å². The third-order valence-corrected chi connectivity index (χ3v) is 4.30. The molecule has 1 aromatic carbocycles. The number of ether oxygens (including phenoxy) is 1. The molecule has 18 heavy (non-hydrogen) atoms. The van der Waals surface area contributed by atoms with Crippen LogP contribution < -0.4 is 4.74 Å². The Balaban J connectivity index is 1.89. The Morgan fingerprint density at radius 2 is 1.78 bits per heavy atom. The van der Waals surface area contributed by atoms with Crippen LogP contribution in [0.5, 0.6) is 5.75 Å². The summed E-state index contributed by atoms with van der Waals surface area (Å²) >= 11 is 0. The summed E-state index contributed by atoms with van der Waals surface area (Å²) in [6.07, 6.45) is 7.73. The van der Waals surface area contributed by atoms with E-state index < -0.39 is 0 Å². The first-order chi connectivity index (χ1) is 8.79. The minimum Gasteiger partial charge on any atom is -0.497 e. The van der Waals surface area contributed by atoms with Gasteiger partial charge in [-0.3, -0.25) is 0 Å². The van der Waals surface area contributed by atoms with Gasteiger partial charge in [0.15, 0.2) is 0 Å². The molecule has 1 unspecified atom stereocenters. The van der Waals surface area contributed by atoms with Crippen LogP contribution in [-0.2, 0) is 0 Å². The fourth-order valence-corrected chi connectivity index (χ4v) is 3.23. The van der Waals surface area contributed by atoms with E-state index in [0.29, 0.717) is 5.92 Å². The van der Waals surface area contributed by atoms with Gasteiger partial charge >= 0.3 is 0 Å². The lowest BCUT2D eigenvalue weighted by atomic mass is 9.86. The lowest BCUT2D eigenvalue weighted by molar-refractivity contribution is 0.415. The SMILES string of the molecule is COc1ccc(C2=CC3=C(CCCC3)C2C)cc1. The quantitative estimate of drug-likeness (QED) is 0.734. The highest BCUT2D eigenvalue weighted by molar-refractivity contribution is 5.76. The highest BCUT2D eigenvalue weighted by Crippen LogP contribution is 2.44. The van der Waals surface area contributed by atoms with Gasteiger partial charge in [-0.05, 0) is 54.5 Å². The Kier molecular flexibility index (Phi) is 2.99. The minimum absolute atomic E-state index is 0.605. The van der Waals surface area contributed by atoms with E-state index in [1.54, 1.807) is 18.3 Å². The highest BCUT2D eigenvalue weighted by atomic mass is 16.5. The molecule has 1 heteroatoms. The molecule has 0 fully saturated rings. The molecule has 0 amide bonds. The number of benzene rings is 1. The van der Waals surface area contributed by atoms with Gasteiger partial charge in [-0.2, -0.15) is 0 Å². The van der Waals surface area contributed by atoms with E-state index in [1.807, 2.05) is 0 Å². The molecular weight excluding hydrogens is 220 g/mol. The highest BCUT2D eigenvalue weighted by Gasteiger charge is 2.26. The molecule has 1 aromatic rings. The average Bonchev–Trinajstić information content (AvgIpc) is 2.77. The molecule has 2 aliphatic rings. The normalized spacial score (nSPS) is 22.8. The summed E-state index contributed by atoms with van der Waals surface area (Å²) in [4.78, 5) is 0. The number of hydrogen-bond donors (Lipinski definition) is 0. The monoisotopic (exact) mass is 240 g/mol. The lowest BCUT2D eigenvalue weighted by Crippen LogP contribution is -2.02. The molecule has 94 valence electrons. The molecule has 0 radical (unpaired) electrons. The maximum absolute atomic E-state index is 5.22. The van der Waals surface area contributed by atoms with Crippen LogP contribution in [0, 0.1) is 5.92 Å². The number of hydrogen-bond acceptors (Lipinski definition) is 1. The first-order valence-electron chi connectivity index (χ1n) is 6.87. The van der Waals surface area contributed by atoms with Crippen molar-refractivity contribution in [2.75, 3.05) is 7.11 Å². The van der Waals surface area contributed by atoms with Crippen LogP contribution in [-0.4, -0.2) is 7.11 Å². The zero-order valence-corrected chi connectivity index (χ0v) is 11.2. The summed E-state index contributed by atoms with van der Waals surface area (Å²) < 4.78 is 5.22. The maximum Gasteiger partial charge on any atom is 0.118 e. The minimum atomic E-state index is 0.605. The largest absolute Gasteiger partial charge is 0.497 e. The molecule has 0 N–H and O–H groups in total. The van der Waals surface area contributed by atoms with E-state index in [9.17, 15) is 0 Å². The van der Waals surface area contributed by atoms with Crippen molar-refractivity contribution in [3.8, 4) is 5.75 Å². The first-order valence-corrected chi connectivity index (χ1v) is 6.87. The fourth-order valence-electron chi connectivity index (χ4n) is 3.23. The van der Waals surface area contributed by atoms with Gasteiger partial charge in [0, 0.05) is 5.92 Å². The summed E-state index contributed by atoms with van der Waals surface area (Å²) in [5.74, 6) is 1.54. The molecule has 0 saturated carbocycles. The maximum atomic E-state index is 5.22. The first kappa shape index (κ1) is 11.6. The van der Waals surface area contributed by atoms with Crippen molar-refractivity contribution in [1.82, 2.24) is 0 Å². The van der Waals surface area contributed by atoms with Crippen LogP contribution in [0.1, 0.15) is 38.2 Å². The van der Waals surface area contributed by atoms with Gasteiger partial charge < -0.3 is 4.74 Å². The number of rotatable bonds is 2. The predicted octanol–water partition coefficient (Wildman–Crippen LogP) is 4.60. The summed E-state index contributed by atoms with van der Waals surface area (Å²) in [5, 5.41) is 0. The van der Waals surface area contributed by atoms with Gasteiger partial charge in [0.1, 0.15) is 5.75 Å². The Hall–Kier alpha value is -1.50. The standard InChI is InChI=1S/C17H20O/c1-12-16-6-4-3-5-14(16)11-17(12)13-7-9-15(18-2)10-8-13/h7-12H,3-6H2,1-2H3. The molecule has 2 aliphatic carbocycles. The van der Waals surface area contributed by atoms with E-state index >= 15 is 0 Å². The van der Waals surface area contributed by atoms with Crippen LogP contribution in [0.4, 0.5) is 0 Å². The Bertz CT molecular complexity index is 505. The third kappa shape index (κ3) is 1.88. The van der Waals surface area contributed by atoms with Crippen LogP contribution in [0.2, 0.25) is 0 Å². The van der Waals surface area contributed by atoms with Crippen LogP contribution in [0.3, 0.4) is 0 Å². The molecule has 0 saturated heterocycles. The van der Waals surface area contributed by atoms with E-state index in [4.69, 9.17) is 4.74 Å². The second-order valence-electron chi connectivity index (χ2n) is 5.31. The lowest BCUT2D eigenvalue weighted by Gasteiger charge is -2.18. The van der Waals surface area contributed by atoms with Crippen molar-refractivity contribution in [1.29, 1.82) is 0 Å². The topological polar surface area (TPSA) is 9.23 Å². The van der Waals surface area contributed by atoms with Gasteiger partial charge in [0.25, 0.3) is 0 Å². The van der Waals surface area contributed by atoms with Crippen molar-refractivity contribution in [3.63, 3.8) is 0 Å². The Morgan fingerprint density at radius 3 is 2.44 bits per heavy atom. The summed E-state index contributed by atoms with van der Waals surface area (Å²) in [7, 11) is 1.72. The van der Waals surface area contributed by atoms with Crippen molar-refractivity contribution in [2.45, 2.75) is 32.6 Å². The summed E-state index contributed by atoms with van der Waals surface area (Å²) in [6, 6.07) is 8.47. The van der Waals surface area contributed by atoms with Gasteiger partial charge in [-0.15, -0.1) is 0 Å². The predicted molar refractivity (Wildman–Crippen MR) is 75.6 cm³/mol. The van der Waals surface area contributed by atoms with E-state index in [-0.39, 0.29) is 0 Å². The van der Waals surface area contributed by atoms with Gasteiger partial charge in [0.2, 0.25) is 0 Å². The van der Waals surface area contributed by atoms with Crippen LogP contribution in [0.15, 0.2) is 41.5 Å². The summed E-state index contributed by atoms with van der Waals surface area (Å²) in [5.41, 5.74) is 6.13. The average molecular weight is 240 g/mol. The van der Waals surface area contributed by atoms with E-state index in [0.717, 1.165) is 5.75 Å². The zero-order chi connectivity index (χ0) is 12.5. The number of allylic oxidation sites excluding steroid dienone is 4. The van der Waals surface area contributed by atoms with Gasteiger partial charge in [-0.1, -0.05) is 30.7 Å². The van der Waals surface area contributed by atoms with Crippen molar-refractivity contribution < 1.29 is 4.74 Å². The van der Waals surface area contributed by atoms with Crippen LogP contribution >= 0.6 is 0 Å². The molecule has 0 spiro atoms. The molecule has 1 atom stereocenters. The Morgan fingerprint density at radius 1 is 1.06 bits per heavy atom. The van der Waals surface area contributed by atoms with Crippen molar-refractivity contribution in [2.24, 2.45) is 5.92 Å². The smallest absolute Gasteiger partial charge is 0.118 e. The zero-order valence-electron chi connectivity index (χ0n) is 11.2. The van der Waals surface area contributed by atoms with Gasteiger partial charge in [-0.25, -0.2) is 0 Å². The summed E-state index contributed by atoms with van der Waals surface area (Å²) in [6.45, 7) is 2.35. The van der Waals surface area contributed by atoms with Crippen LogP contribution in [0.25, 0.3) is 5.57 Å². The molecule has 0 aromatic heterocycles. The second kappa shape index (κ2) is 4.64. The molecule has 0 heterocycles. The molecule has 0 bridgehead atoms. The molecule has 0 aliphatic heterocycles. The van der Waals surface area contributed by atoms with E-state index in [1.165, 1.54) is 36.8 Å². The van der Waals surface area contributed by atoms with Gasteiger partial charge in [0.05, 0.1) is 7.11 Å². The molecule has 1 nitrogen and oxygen atoms in total. The number of methoxy groups -OCH3 is 1. The third-order valence-electron chi connectivity index (χ3n) is 4.30. The van der Waals surface area contributed by atoms with Crippen molar-refractivity contribution in [3.05, 3.63) is 47.1 Å².